The van der Waals surface area contributed by atoms with Crippen LogP contribution in [0.15, 0.2) is 18.2 Å². The van der Waals surface area contributed by atoms with E-state index in [0.717, 1.165) is 12.5 Å². The first kappa shape index (κ1) is 16.0. The largest absolute Gasteiger partial charge is 0.417 e. The number of alkyl halides is 3. The highest BCUT2D eigenvalue weighted by molar-refractivity contribution is 7.80. The van der Waals surface area contributed by atoms with Crippen LogP contribution in [0.2, 0.25) is 5.02 Å². The molecule has 2 nitrogen and oxygen atoms in total. The van der Waals surface area contributed by atoms with E-state index in [2.05, 4.69) is 10.6 Å². The van der Waals surface area contributed by atoms with Gasteiger partial charge in [-0.15, -0.1) is 0 Å². The summed E-state index contributed by atoms with van der Waals surface area (Å²) in [6.07, 6.45) is -3.63. The van der Waals surface area contributed by atoms with Crippen molar-refractivity contribution in [1.29, 1.82) is 0 Å². The highest BCUT2D eigenvalue weighted by atomic mass is 35.5. The Morgan fingerprint density at radius 3 is 2.58 bits per heavy atom. The molecule has 0 saturated carbocycles. The monoisotopic (exact) mass is 310 g/mol. The fourth-order valence-electron chi connectivity index (χ4n) is 1.31. The number of halogens is 4. The van der Waals surface area contributed by atoms with Crippen molar-refractivity contribution in [1.82, 2.24) is 5.32 Å². The molecule has 1 rings (SSSR count). The average molecular weight is 311 g/mol. The summed E-state index contributed by atoms with van der Waals surface area (Å²) < 4.78 is 38.0. The molecule has 1 atom stereocenters. The van der Waals surface area contributed by atoms with Crippen molar-refractivity contribution in [3.8, 4) is 0 Å². The Kier molecular flexibility index (Phi) is 5.43. The van der Waals surface area contributed by atoms with Crippen molar-refractivity contribution in [3.63, 3.8) is 0 Å². The first-order valence-corrected chi connectivity index (χ1v) is 6.47. The lowest BCUT2D eigenvalue weighted by atomic mass is 10.2. The molecule has 0 amide bonds. The fourth-order valence-corrected chi connectivity index (χ4v) is 1.86. The Morgan fingerprint density at radius 2 is 2.05 bits per heavy atom. The molecule has 0 bridgehead atoms. The van der Waals surface area contributed by atoms with Crippen LogP contribution >= 0.6 is 23.8 Å². The Labute approximate surface area is 120 Å². The van der Waals surface area contributed by atoms with Crippen molar-refractivity contribution < 1.29 is 13.2 Å². The molecule has 2 N–H and O–H groups in total. The second-order valence-corrected chi connectivity index (χ2v) is 4.92. The van der Waals surface area contributed by atoms with E-state index in [0.29, 0.717) is 0 Å². The fraction of sp³-hybridized carbons (Fsp3) is 0.417. The number of thiocarbonyl (C=S) groups is 1. The Hall–Kier alpha value is -1.01. The topological polar surface area (TPSA) is 24.1 Å². The zero-order chi connectivity index (χ0) is 14.6. The maximum absolute atomic E-state index is 12.7. The van der Waals surface area contributed by atoms with E-state index in [1.165, 1.54) is 12.1 Å². The van der Waals surface area contributed by atoms with Crippen molar-refractivity contribution in [2.45, 2.75) is 32.5 Å². The van der Waals surface area contributed by atoms with E-state index in [1.54, 1.807) is 0 Å². The molecular formula is C12H14ClF3N2S. The van der Waals surface area contributed by atoms with Crippen LogP contribution in [0.3, 0.4) is 0 Å². The third kappa shape index (κ3) is 4.87. The minimum Gasteiger partial charge on any atom is -0.360 e. The smallest absolute Gasteiger partial charge is 0.360 e. The van der Waals surface area contributed by atoms with E-state index in [4.69, 9.17) is 23.8 Å². The summed E-state index contributed by atoms with van der Waals surface area (Å²) >= 11 is 10.5. The predicted molar refractivity (Wildman–Crippen MR) is 75.6 cm³/mol. The molecule has 0 radical (unpaired) electrons. The third-order valence-electron chi connectivity index (χ3n) is 2.52. The SMILES string of the molecule is CC[C@@H](C)NC(=S)Nc1ccc(Cl)c(C(F)(F)F)c1. The van der Waals surface area contributed by atoms with E-state index in [-0.39, 0.29) is 21.9 Å². The van der Waals surface area contributed by atoms with E-state index in [9.17, 15) is 13.2 Å². The van der Waals surface area contributed by atoms with E-state index < -0.39 is 11.7 Å². The first-order chi connectivity index (χ1) is 8.74. The molecule has 0 heterocycles. The van der Waals surface area contributed by atoms with E-state index >= 15 is 0 Å². The maximum atomic E-state index is 12.7. The normalized spacial score (nSPS) is 12.9. The summed E-state index contributed by atoms with van der Waals surface area (Å²) in [4.78, 5) is 0. The molecule has 0 spiro atoms. The van der Waals surface area contributed by atoms with Gasteiger partial charge in [-0.2, -0.15) is 13.2 Å². The summed E-state index contributed by atoms with van der Waals surface area (Å²) in [6.45, 7) is 3.90. The standard InChI is InChI=1S/C12H14ClF3N2S/c1-3-7(2)17-11(19)18-8-4-5-10(13)9(6-8)12(14,15)16/h4-7H,3H2,1-2H3,(H2,17,18,19)/t7-/m1/s1. The number of nitrogens with one attached hydrogen (secondary N) is 2. The van der Waals surface area contributed by atoms with Crippen LogP contribution in [0.25, 0.3) is 0 Å². The molecule has 0 aliphatic carbocycles. The van der Waals surface area contributed by atoms with Gasteiger partial charge < -0.3 is 10.6 Å². The average Bonchev–Trinajstić information content (AvgIpc) is 2.29. The lowest BCUT2D eigenvalue weighted by Gasteiger charge is -2.16. The Morgan fingerprint density at radius 1 is 1.42 bits per heavy atom. The van der Waals surface area contributed by atoms with E-state index in [1.807, 2.05) is 13.8 Å². The van der Waals surface area contributed by atoms with Gasteiger partial charge in [-0.05, 0) is 43.8 Å². The van der Waals surface area contributed by atoms with Gasteiger partial charge in [-0.25, -0.2) is 0 Å². The van der Waals surface area contributed by atoms with Crippen molar-refractivity contribution >= 4 is 34.6 Å². The number of hydrogen-bond acceptors (Lipinski definition) is 1. The van der Waals surface area contributed by atoms with Crippen LogP contribution in [0.1, 0.15) is 25.8 Å². The van der Waals surface area contributed by atoms with Gasteiger partial charge in [0.2, 0.25) is 0 Å². The molecule has 7 heteroatoms. The molecule has 106 valence electrons. The molecule has 1 aromatic carbocycles. The minimum atomic E-state index is -4.49. The van der Waals surface area contributed by atoms with Crippen molar-refractivity contribution in [3.05, 3.63) is 28.8 Å². The highest BCUT2D eigenvalue weighted by Crippen LogP contribution is 2.36. The van der Waals surface area contributed by atoms with Crippen LogP contribution in [0.5, 0.6) is 0 Å². The van der Waals surface area contributed by atoms with Gasteiger partial charge in [0, 0.05) is 11.7 Å². The van der Waals surface area contributed by atoms with Gasteiger partial charge in [-0.1, -0.05) is 18.5 Å². The highest BCUT2D eigenvalue weighted by Gasteiger charge is 2.33. The van der Waals surface area contributed by atoms with Crippen molar-refractivity contribution in [2.75, 3.05) is 5.32 Å². The first-order valence-electron chi connectivity index (χ1n) is 5.68. The van der Waals surface area contributed by atoms with Gasteiger partial charge in [0.25, 0.3) is 0 Å². The molecule has 0 fully saturated rings. The molecule has 19 heavy (non-hydrogen) atoms. The van der Waals surface area contributed by atoms with Crippen molar-refractivity contribution in [2.24, 2.45) is 0 Å². The Bertz CT molecular complexity index is 463. The minimum absolute atomic E-state index is 0.148. The second kappa shape index (κ2) is 6.43. The summed E-state index contributed by atoms with van der Waals surface area (Å²) in [5.41, 5.74) is -0.636. The van der Waals surface area contributed by atoms with Crippen LogP contribution in [-0.4, -0.2) is 11.2 Å². The van der Waals surface area contributed by atoms with Crippen LogP contribution < -0.4 is 10.6 Å². The molecule has 0 aliphatic heterocycles. The maximum Gasteiger partial charge on any atom is 0.417 e. The molecular weight excluding hydrogens is 297 g/mol. The lowest BCUT2D eigenvalue weighted by Crippen LogP contribution is -2.35. The number of benzene rings is 1. The van der Waals surface area contributed by atoms with Crippen LogP contribution in [0.4, 0.5) is 18.9 Å². The number of rotatable bonds is 3. The quantitative estimate of drug-likeness (QED) is 0.807. The van der Waals surface area contributed by atoms with Crippen LogP contribution in [-0.2, 0) is 6.18 Å². The lowest BCUT2D eigenvalue weighted by molar-refractivity contribution is -0.137. The van der Waals surface area contributed by atoms with Gasteiger partial charge >= 0.3 is 6.18 Å². The molecule has 0 aromatic heterocycles. The predicted octanol–water partition coefficient (Wildman–Crippen LogP) is 4.44. The summed E-state index contributed by atoms with van der Waals surface area (Å²) in [6, 6.07) is 3.72. The summed E-state index contributed by atoms with van der Waals surface area (Å²) in [7, 11) is 0. The van der Waals surface area contributed by atoms with Crippen LogP contribution in [0, 0.1) is 0 Å². The molecule has 0 aliphatic rings. The zero-order valence-corrected chi connectivity index (χ0v) is 12.0. The van der Waals surface area contributed by atoms with Gasteiger partial charge in [0.15, 0.2) is 5.11 Å². The van der Waals surface area contributed by atoms with Gasteiger partial charge in [0.05, 0.1) is 10.6 Å². The molecule has 0 unspecified atom stereocenters. The summed E-state index contributed by atoms with van der Waals surface area (Å²) in [5, 5.41) is 5.61. The molecule has 0 saturated heterocycles. The summed E-state index contributed by atoms with van der Waals surface area (Å²) in [5.74, 6) is 0. The van der Waals surface area contributed by atoms with Gasteiger partial charge in [-0.3, -0.25) is 0 Å². The molecule has 1 aromatic rings. The van der Waals surface area contributed by atoms with Gasteiger partial charge in [0.1, 0.15) is 0 Å². The number of hydrogen-bond donors (Lipinski definition) is 2. The number of anilines is 1. The second-order valence-electron chi connectivity index (χ2n) is 4.10. The third-order valence-corrected chi connectivity index (χ3v) is 3.07. The zero-order valence-electron chi connectivity index (χ0n) is 10.4. The Balaban J connectivity index is 2.83.